The summed E-state index contributed by atoms with van der Waals surface area (Å²) in [4.78, 5) is 13.3. The first-order valence-electron chi connectivity index (χ1n) is 6.01. The lowest BCUT2D eigenvalue weighted by Crippen LogP contribution is -2.33. The number of hydrogen-bond acceptors (Lipinski definition) is 2. The number of hydrogen-bond donors (Lipinski definition) is 1. The molecule has 3 nitrogen and oxygen atoms in total. The van der Waals surface area contributed by atoms with Gasteiger partial charge in [0, 0.05) is 20.0 Å². The third kappa shape index (κ3) is 4.65. The Bertz CT molecular complexity index is 198. The fraction of sp³-hybridized carbons (Fsp3) is 0.917. The van der Waals surface area contributed by atoms with Gasteiger partial charge in [-0.1, -0.05) is 25.7 Å². The first-order chi connectivity index (χ1) is 7.09. The van der Waals surface area contributed by atoms with Crippen molar-refractivity contribution in [3.05, 3.63) is 0 Å². The molecule has 1 amide bonds. The first kappa shape index (κ1) is 12.5. The van der Waals surface area contributed by atoms with Crippen molar-refractivity contribution < 1.29 is 9.90 Å². The predicted octanol–water partition coefficient (Wildman–Crippen LogP) is 1.80. The average molecular weight is 213 g/mol. The molecule has 0 bridgehead atoms. The van der Waals surface area contributed by atoms with Gasteiger partial charge >= 0.3 is 0 Å². The minimum Gasteiger partial charge on any atom is -0.392 e. The van der Waals surface area contributed by atoms with Crippen LogP contribution in [0.15, 0.2) is 0 Å². The van der Waals surface area contributed by atoms with Crippen LogP contribution in [0, 0.1) is 5.92 Å². The van der Waals surface area contributed by atoms with Crippen LogP contribution in [0.3, 0.4) is 0 Å². The van der Waals surface area contributed by atoms with Gasteiger partial charge in [0.1, 0.15) is 0 Å². The molecule has 1 N–H and O–H groups in total. The molecule has 0 radical (unpaired) electrons. The van der Waals surface area contributed by atoms with Crippen molar-refractivity contribution >= 4 is 5.91 Å². The zero-order chi connectivity index (χ0) is 11.3. The largest absolute Gasteiger partial charge is 0.392 e. The van der Waals surface area contributed by atoms with Crippen LogP contribution in [-0.2, 0) is 4.79 Å². The lowest BCUT2D eigenvalue weighted by molar-refractivity contribution is -0.131. The Morgan fingerprint density at radius 3 is 2.60 bits per heavy atom. The van der Waals surface area contributed by atoms with Gasteiger partial charge in [0.15, 0.2) is 0 Å². The van der Waals surface area contributed by atoms with Crippen LogP contribution in [0.5, 0.6) is 0 Å². The van der Waals surface area contributed by atoms with Crippen LogP contribution in [0.25, 0.3) is 0 Å². The number of nitrogens with zero attached hydrogens (tertiary/aromatic N) is 1. The third-order valence-corrected chi connectivity index (χ3v) is 3.21. The molecule has 15 heavy (non-hydrogen) atoms. The maximum absolute atomic E-state index is 11.7. The maximum Gasteiger partial charge on any atom is 0.222 e. The molecular weight excluding hydrogens is 190 g/mol. The molecule has 0 aromatic heterocycles. The summed E-state index contributed by atoms with van der Waals surface area (Å²) in [5, 5.41) is 9.16. The SMILES string of the molecule is CC(O)CN(C)C(=O)CCC1CCCC1. The molecule has 0 saturated heterocycles. The van der Waals surface area contributed by atoms with E-state index in [1.165, 1.54) is 25.7 Å². The zero-order valence-electron chi connectivity index (χ0n) is 9.91. The molecule has 0 aromatic carbocycles. The highest BCUT2D eigenvalue weighted by Crippen LogP contribution is 2.28. The maximum atomic E-state index is 11.7. The number of carbonyl (C=O) groups is 1. The second-order valence-electron chi connectivity index (χ2n) is 4.81. The van der Waals surface area contributed by atoms with E-state index in [4.69, 9.17) is 5.11 Å². The number of carbonyl (C=O) groups excluding carboxylic acids is 1. The van der Waals surface area contributed by atoms with Gasteiger partial charge in [-0.2, -0.15) is 0 Å². The van der Waals surface area contributed by atoms with Crippen molar-refractivity contribution in [3.8, 4) is 0 Å². The van der Waals surface area contributed by atoms with Gasteiger partial charge in [0.25, 0.3) is 0 Å². The van der Waals surface area contributed by atoms with E-state index < -0.39 is 6.10 Å². The fourth-order valence-electron chi connectivity index (χ4n) is 2.32. The number of amides is 1. The van der Waals surface area contributed by atoms with Gasteiger partial charge < -0.3 is 10.0 Å². The minimum atomic E-state index is -0.426. The molecule has 1 aliphatic carbocycles. The quantitative estimate of drug-likeness (QED) is 0.756. The van der Waals surface area contributed by atoms with Crippen molar-refractivity contribution in [1.29, 1.82) is 0 Å². The Morgan fingerprint density at radius 2 is 2.07 bits per heavy atom. The van der Waals surface area contributed by atoms with Crippen LogP contribution in [0.2, 0.25) is 0 Å². The molecule has 1 fully saturated rings. The van der Waals surface area contributed by atoms with Crippen LogP contribution < -0.4 is 0 Å². The van der Waals surface area contributed by atoms with Crippen molar-refractivity contribution in [3.63, 3.8) is 0 Å². The predicted molar refractivity (Wildman–Crippen MR) is 60.5 cm³/mol. The Kier molecular flexibility index (Phi) is 5.09. The van der Waals surface area contributed by atoms with Crippen molar-refractivity contribution in [2.24, 2.45) is 5.92 Å². The molecule has 1 aliphatic rings. The molecule has 0 aromatic rings. The van der Waals surface area contributed by atoms with Gasteiger partial charge in [-0.25, -0.2) is 0 Å². The Morgan fingerprint density at radius 1 is 1.47 bits per heavy atom. The van der Waals surface area contributed by atoms with E-state index in [1.807, 2.05) is 0 Å². The van der Waals surface area contributed by atoms with Crippen LogP contribution in [0.4, 0.5) is 0 Å². The van der Waals surface area contributed by atoms with E-state index in [9.17, 15) is 4.79 Å². The highest BCUT2D eigenvalue weighted by Gasteiger charge is 2.17. The summed E-state index contributed by atoms with van der Waals surface area (Å²) in [6, 6.07) is 0. The smallest absolute Gasteiger partial charge is 0.222 e. The molecule has 0 aliphatic heterocycles. The van der Waals surface area contributed by atoms with Gasteiger partial charge in [-0.05, 0) is 19.3 Å². The Balaban J connectivity index is 2.16. The molecule has 0 heterocycles. The molecule has 0 spiro atoms. The summed E-state index contributed by atoms with van der Waals surface area (Å²) in [7, 11) is 1.77. The molecule has 1 saturated carbocycles. The van der Waals surface area contributed by atoms with E-state index in [0.717, 1.165) is 12.3 Å². The summed E-state index contributed by atoms with van der Waals surface area (Å²) in [5.74, 6) is 0.941. The lowest BCUT2D eigenvalue weighted by atomic mass is 10.0. The number of likely N-dealkylation sites (N-methyl/N-ethyl adjacent to an activating group) is 1. The molecule has 3 heteroatoms. The highest BCUT2D eigenvalue weighted by molar-refractivity contribution is 5.75. The summed E-state index contributed by atoms with van der Waals surface area (Å²) < 4.78 is 0. The second kappa shape index (κ2) is 6.11. The number of aliphatic hydroxyl groups is 1. The zero-order valence-corrected chi connectivity index (χ0v) is 9.91. The topological polar surface area (TPSA) is 40.5 Å². The van der Waals surface area contributed by atoms with Gasteiger partial charge in [-0.15, -0.1) is 0 Å². The molecular formula is C12H23NO2. The Labute approximate surface area is 92.5 Å². The monoisotopic (exact) mass is 213 g/mol. The van der Waals surface area contributed by atoms with E-state index >= 15 is 0 Å². The van der Waals surface area contributed by atoms with Gasteiger partial charge in [-0.3, -0.25) is 4.79 Å². The van der Waals surface area contributed by atoms with Gasteiger partial charge in [0.2, 0.25) is 5.91 Å². The van der Waals surface area contributed by atoms with E-state index in [2.05, 4.69) is 0 Å². The van der Waals surface area contributed by atoms with Crippen molar-refractivity contribution in [2.45, 2.75) is 51.6 Å². The minimum absolute atomic E-state index is 0.169. The highest BCUT2D eigenvalue weighted by atomic mass is 16.3. The summed E-state index contributed by atoms with van der Waals surface area (Å²) in [6.07, 6.45) is 6.52. The number of aliphatic hydroxyl groups excluding tert-OH is 1. The van der Waals surface area contributed by atoms with Crippen molar-refractivity contribution in [2.75, 3.05) is 13.6 Å². The second-order valence-corrected chi connectivity index (χ2v) is 4.81. The van der Waals surface area contributed by atoms with E-state index in [1.54, 1.807) is 18.9 Å². The van der Waals surface area contributed by atoms with E-state index in [-0.39, 0.29) is 5.91 Å². The summed E-state index contributed by atoms with van der Waals surface area (Å²) in [6.45, 7) is 2.16. The van der Waals surface area contributed by atoms with Crippen LogP contribution >= 0.6 is 0 Å². The van der Waals surface area contributed by atoms with Gasteiger partial charge in [0.05, 0.1) is 6.10 Å². The Hall–Kier alpha value is -0.570. The number of rotatable bonds is 5. The average Bonchev–Trinajstić information content (AvgIpc) is 2.65. The fourth-order valence-corrected chi connectivity index (χ4v) is 2.32. The third-order valence-electron chi connectivity index (χ3n) is 3.21. The summed E-state index contributed by atoms with van der Waals surface area (Å²) in [5.41, 5.74) is 0. The molecule has 1 rings (SSSR count). The van der Waals surface area contributed by atoms with E-state index in [0.29, 0.717) is 13.0 Å². The molecule has 1 atom stereocenters. The first-order valence-corrected chi connectivity index (χ1v) is 6.01. The standard InChI is InChI=1S/C12H23NO2/c1-10(14)9-13(2)12(15)8-7-11-5-3-4-6-11/h10-11,14H,3-9H2,1-2H3. The summed E-state index contributed by atoms with van der Waals surface area (Å²) >= 11 is 0. The van der Waals surface area contributed by atoms with Crippen LogP contribution in [0.1, 0.15) is 45.4 Å². The molecule has 88 valence electrons. The van der Waals surface area contributed by atoms with Crippen molar-refractivity contribution in [1.82, 2.24) is 4.90 Å². The normalized spacial score (nSPS) is 19.1. The van der Waals surface area contributed by atoms with Crippen LogP contribution in [-0.4, -0.2) is 35.6 Å². The molecule has 1 unspecified atom stereocenters. The lowest BCUT2D eigenvalue weighted by Gasteiger charge is -2.19.